The summed E-state index contributed by atoms with van der Waals surface area (Å²) in [5, 5.41) is 2.98. The maximum atomic E-state index is 12.6. The highest BCUT2D eigenvalue weighted by atomic mass is 32.2. The van der Waals surface area contributed by atoms with E-state index in [0.29, 0.717) is 12.2 Å². The first-order valence-corrected chi connectivity index (χ1v) is 8.08. The van der Waals surface area contributed by atoms with Crippen LogP contribution in [-0.2, 0) is 9.59 Å². The third-order valence-corrected chi connectivity index (χ3v) is 5.03. The highest BCUT2D eigenvalue weighted by Gasteiger charge is 2.39. The minimum absolute atomic E-state index is 0.0189. The fourth-order valence-corrected chi connectivity index (χ4v) is 3.42. The van der Waals surface area contributed by atoms with Gasteiger partial charge in [-0.1, -0.05) is 25.0 Å². The van der Waals surface area contributed by atoms with Crippen LogP contribution in [0.3, 0.4) is 0 Å². The largest absolute Gasteiger partial charge is 0.369 e. The van der Waals surface area contributed by atoms with Gasteiger partial charge in [0.2, 0.25) is 11.8 Å². The lowest BCUT2D eigenvalue weighted by Gasteiger charge is -2.26. The SMILES string of the molecule is NCC1(C(=O)Nc2ccccc2SCC(N)=O)CCCC1. The fraction of sp³-hybridized carbons (Fsp3) is 0.467. The molecule has 0 unspecified atom stereocenters. The molecule has 6 heteroatoms. The Labute approximate surface area is 128 Å². The van der Waals surface area contributed by atoms with Crippen molar-refractivity contribution in [3.8, 4) is 0 Å². The predicted molar refractivity (Wildman–Crippen MR) is 84.9 cm³/mol. The summed E-state index contributed by atoms with van der Waals surface area (Å²) in [7, 11) is 0. The van der Waals surface area contributed by atoms with Crippen molar-refractivity contribution < 1.29 is 9.59 Å². The quantitative estimate of drug-likeness (QED) is 0.697. The molecule has 2 rings (SSSR count). The Kier molecular flexibility index (Phi) is 5.25. The summed E-state index contributed by atoms with van der Waals surface area (Å²) in [6.07, 6.45) is 3.77. The monoisotopic (exact) mass is 307 g/mol. The van der Waals surface area contributed by atoms with Gasteiger partial charge in [0.05, 0.1) is 16.9 Å². The number of carbonyl (C=O) groups is 2. The molecule has 5 N–H and O–H groups in total. The molecule has 0 aliphatic heterocycles. The van der Waals surface area contributed by atoms with Crippen molar-refractivity contribution >= 4 is 29.3 Å². The normalized spacial score (nSPS) is 16.6. The van der Waals surface area contributed by atoms with Gasteiger partial charge < -0.3 is 16.8 Å². The first-order chi connectivity index (χ1) is 10.1. The Morgan fingerprint density at radius 2 is 1.90 bits per heavy atom. The second-order valence-corrected chi connectivity index (χ2v) is 6.41. The van der Waals surface area contributed by atoms with Gasteiger partial charge in [0.1, 0.15) is 0 Å². The second kappa shape index (κ2) is 6.95. The van der Waals surface area contributed by atoms with Gasteiger partial charge in [0.25, 0.3) is 0 Å². The fourth-order valence-electron chi connectivity index (χ4n) is 2.68. The van der Waals surface area contributed by atoms with Crippen molar-refractivity contribution in [2.24, 2.45) is 16.9 Å². The average molecular weight is 307 g/mol. The van der Waals surface area contributed by atoms with Gasteiger partial charge in [0.15, 0.2) is 0 Å². The first-order valence-electron chi connectivity index (χ1n) is 7.09. The number of primary amides is 1. The minimum Gasteiger partial charge on any atom is -0.369 e. The Bertz CT molecular complexity index is 527. The Hall–Kier alpha value is -1.53. The molecule has 1 aromatic rings. The number of carbonyl (C=O) groups excluding carboxylic acids is 2. The van der Waals surface area contributed by atoms with E-state index in [9.17, 15) is 9.59 Å². The lowest BCUT2D eigenvalue weighted by Crippen LogP contribution is -2.40. The summed E-state index contributed by atoms with van der Waals surface area (Å²) in [5.74, 6) is -0.209. The standard InChI is InChI=1S/C15H21N3O2S/c16-10-15(7-3-4-8-15)14(20)18-11-5-1-2-6-12(11)21-9-13(17)19/h1-2,5-6H,3-4,7-10,16H2,(H2,17,19)(H,18,20). The molecule has 114 valence electrons. The predicted octanol–water partition coefficient (Wildman–Crippen LogP) is 1.72. The van der Waals surface area contributed by atoms with Crippen LogP contribution in [0.25, 0.3) is 0 Å². The molecule has 1 aliphatic carbocycles. The lowest BCUT2D eigenvalue weighted by atomic mass is 9.85. The summed E-state index contributed by atoms with van der Waals surface area (Å²) < 4.78 is 0. The zero-order valence-electron chi connectivity index (χ0n) is 11.9. The molecule has 21 heavy (non-hydrogen) atoms. The average Bonchev–Trinajstić information content (AvgIpc) is 2.96. The van der Waals surface area contributed by atoms with Gasteiger partial charge in [-0.25, -0.2) is 0 Å². The molecule has 0 radical (unpaired) electrons. The molecule has 5 nitrogen and oxygen atoms in total. The summed E-state index contributed by atoms with van der Waals surface area (Å²) in [6.45, 7) is 0.370. The van der Waals surface area contributed by atoms with E-state index in [0.717, 1.165) is 30.6 Å². The van der Waals surface area contributed by atoms with Crippen LogP contribution >= 0.6 is 11.8 Å². The van der Waals surface area contributed by atoms with Gasteiger partial charge in [-0.15, -0.1) is 11.8 Å². The van der Waals surface area contributed by atoms with Crippen LogP contribution < -0.4 is 16.8 Å². The van der Waals surface area contributed by atoms with Crippen molar-refractivity contribution in [3.05, 3.63) is 24.3 Å². The number of nitrogens with two attached hydrogens (primary N) is 2. The van der Waals surface area contributed by atoms with Crippen LogP contribution in [0.15, 0.2) is 29.2 Å². The molecule has 0 bridgehead atoms. The Morgan fingerprint density at radius 1 is 1.24 bits per heavy atom. The minimum atomic E-state index is -0.443. The highest BCUT2D eigenvalue weighted by Crippen LogP contribution is 2.39. The van der Waals surface area contributed by atoms with Crippen molar-refractivity contribution in [2.75, 3.05) is 17.6 Å². The van der Waals surface area contributed by atoms with Gasteiger partial charge in [-0.2, -0.15) is 0 Å². The van der Waals surface area contributed by atoms with E-state index in [1.54, 1.807) is 0 Å². The molecule has 0 saturated heterocycles. The van der Waals surface area contributed by atoms with E-state index in [1.807, 2.05) is 24.3 Å². The molecule has 0 heterocycles. The number of hydrogen-bond donors (Lipinski definition) is 3. The molecule has 1 aliphatic rings. The third-order valence-electron chi connectivity index (χ3n) is 3.94. The number of thioether (sulfide) groups is 1. The number of nitrogens with one attached hydrogen (secondary N) is 1. The van der Waals surface area contributed by atoms with Crippen molar-refractivity contribution in [2.45, 2.75) is 30.6 Å². The number of amides is 2. The van der Waals surface area contributed by atoms with E-state index >= 15 is 0 Å². The Balaban J connectivity index is 2.11. The number of benzene rings is 1. The smallest absolute Gasteiger partial charge is 0.231 e. The lowest BCUT2D eigenvalue weighted by molar-refractivity contribution is -0.124. The molecule has 0 aromatic heterocycles. The maximum Gasteiger partial charge on any atom is 0.231 e. The number of para-hydroxylation sites is 1. The molecule has 1 fully saturated rings. The van der Waals surface area contributed by atoms with Gasteiger partial charge >= 0.3 is 0 Å². The second-order valence-electron chi connectivity index (χ2n) is 5.40. The molecular weight excluding hydrogens is 286 g/mol. The van der Waals surface area contributed by atoms with Crippen LogP contribution in [0.5, 0.6) is 0 Å². The molecule has 0 spiro atoms. The first kappa shape index (κ1) is 15.9. The Morgan fingerprint density at radius 3 is 2.52 bits per heavy atom. The molecule has 2 amide bonds. The van der Waals surface area contributed by atoms with E-state index in [2.05, 4.69) is 5.32 Å². The molecule has 1 saturated carbocycles. The number of hydrogen-bond acceptors (Lipinski definition) is 4. The summed E-state index contributed by atoms with van der Waals surface area (Å²) in [5.41, 5.74) is 11.3. The molecule has 1 aromatic carbocycles. The third kappa shape index (κ3) is 3.77. The van der Waals surface area contributed by atoms with E-state index in [1.165, 1.54) is 11.8 Å². The number of anilines is 1. The van der Waals surface area contributed by atoms with Crippen LogP contribution in [0, 0.1) is 5.41 Å². The van der Waals surface area contributed by atoms with Crippen molar-refractivity contribution in [1.82, 2.24) is 0 Å². The van der Waals surface area contributed by atoms with Gasteiger partial charge in [0, 0.05) is 11.4 Å². The van der Waals surface area contributed by atoms with Gasteiger partial charge in [-0.05, 0) is 25.0 Å². The van der Waals surface area contributed by atoms with Crippen LogP contribution in [-0.4, -0.2) is 24.1 Å². The summed E-state index contributed by atoms with van der Waals surface area (Å²) >= 11 is 1.33. The number of rotatable bonds is 6. The van der Waals surface area contributed by atoms with Crippen LogP contribution in [0.2, 0.25) is 0 Å². The zero-order chi connectivity index (χ0) is 15.3. The zero-order valence-corrected chi connectivity index (χ0v) is 12.7. The van der Waals surface area contributed by atoms with Gasteiger partial charge in [-0.3, -0.25) is 9.59 Å². The molecular formula is C15H21N3O2S. The van der Waals surface area contributed by atoms with E-state index in [4.69, 9.17) is 11.5 Å². The van der Waals surface area contributed by atoms with E-state index < -0.39 is 5.41 Å². The van der Waals surface area contributed by atoms with Crippen LogP contribution in [0.1, 0.15) is 25.7 Å². The maximum absolute atomic E-state index is 12.6. The summed E-state index contributed by atoms with van der Waals surface area (Å²) in [4.78, 5) is 24.3. The topological polar surface area (TPSA) is 98.2 Å². The molecule has 0 atom stereocenters. The van der Waals surface area contributed by atoms with Crippen molar-refractivity contribution in [3.63, 3.8) is 0 Å². The van der Waals surface area contributed by atoms with E-state index in [-0.39, 0.29) is 17.6 Å². The van der Waals surface area contributed by atoms with Crippen molar-refractivity contribution in [1.29, 1.82) is 0 Å². The summed E-state index contributed by atoms with van der Waals surface area (Å²) in [6, 6.07) is 7.42. The highest BCUT2D eigenvalue weighted by molar-refractivity contribution is 8.00. The van der Waals surface area contributed by atoms with Crippen LogP contribution in [0.4, 0.5) is 5.69 Å².